The highest BCUT2D eigenvalue weighted by molar-refractivity contribution is 5.44. The molecule has 58 valence electrons. The number of aliphatic hydroxyl groups is 1. The van der Waals surface area contributed by atoms with Crippen LogP contribution in [0.1, 0.15) is 0 Å². The van der Waals surface area contributed by atoms with Crippen LogP contribution in [0.5, 0.6) is 0 Å². The molecule has 0 bridgehead atoms. The van der Waals surface area contributed by atoms with Crippen molar-refractivity contribution in [2.45, 2.75) is 0 Å². The Morgan fingerprint density at radius 1 is 1.36 bits per heavy atom. The molecule has 0 aliphatic carbocycles. The van der Waals surface area contributed by atoms with E-state index >= 15 is 0 Å². The van der Waals surface area contributed by atoms with E-state index in [0.717, 1.165) is 5.01 Å². The van der Waals surface area contributed by atoms with Gasteiger partial charge in [0.05, 0.1) is 11.0 Å². The fourth-order valence-corrected chi connectivity index (χ4v) is 0.755. The first kappa shape index (κ1) is 7.68. The van der Waals surface area contributed by atoms with Crippen molar-refractivity contribution < 1.29 is 5.11 Å². The van der Waals surface area contributed by atoms with Gasteiger partial charge in [0.25, 0.3) is 0 Å². The zero-order valence-corrected chi connectivity index (χ0v) is 5.84. The van der Waals surface area contributed by atoms with E-state index in [1.807, 2.05) is 6.07 Å². The highest BCUT2D eigenvalue weighted by Crippen LogP contribution is 2.11. The van der Waals surface area contributed by atoms with Crippen molar-refractivity contribution >= 4 is 5.69 Å². The SMILES string of the molecule is O=NN(CO)c1ccccc1. The lowest BCUT2D eigenvalue weighted by atomic mass is 10.3. The quantitative estimate of drug-likeness (QED) is 0.401. The number of hydrogen-bond donors (Lipinski definition) is 1. The summed E-state index contributed by atoms with van der Waals surface area (Å²) >= 11 is 0. The first-order chi connectivity index (χ1) is 5.38. The summed E-state index contributed by atoms with van der Waals surface area (Å²) in [6, 6.07) is 8.74. The molecule has 0 spiro atoms. The zero-order valence-electron chi connectivity index (χ0n) is 5.84. The molecule has 0 fully saturated rings. The Bertz CT molecular complexity index is 225. The summed E-state index contributed by atoms with van der Waals surface area (Å²) in [4.78, 5) is 10.1. The second kappa shape index (κ2) is 3.68. The van der Waals surface area contributed by atoms with E-state index in [1.54, 1.807) is 24.3 Å². The normalized spacial score (nSPS) is 9.18. The van der Waals surface area contributed by atoms with E-state index in [-0.39, 0.29) is 0 Å². The summed E-state index contributed by atoms with van der Waals surface area (Å²) in [5, 5.41) is 12.2. The third-order valence-corrected chi connectivity index (χ3v) is 1.29. The van der Waals surface area contributed by atoms with Crippen LogP contribution in [0.2, 0.25) is 0 Å². The van der Waals surface area contributed by atoms with Gasteiger partial charge < -0.3 is 5.11 Å². The molecule has 0 aromatic heterocycles. The Balaban J connectivity index is 2.82. The summed E-state index contributed by atoms with van der Waals surface area (Å²) in [7, 11) is 0. The maximum atomic E-state index is 10.1. The standard InChI is InChI=1S/C7H8N2O2/c10-6-9(8-11)7-4-2-1-3-5-7/h1-5,10H,6H2. The molecule has 11 heavy (non-hydrogen) atoms. The first-order valence-corrected chi connectivity index (χ1v) is 3.15. The minimum absolute atomic E-state index is 0.395. The van der Waals surface area contributed by atoms with E-state index in [2.05, 4.69) is 5.29 Å². The summed E-state index contributed by atoms with van der Waals surface area (Å²) in [6.45, 7) is -0.395. The Labute approximate surface area is 64.0 Å². The Kier molecular flexibility index (Phi) is 2.57. The van der Waals surface area contributed by atoms with Crippen LogP contribution in [-0.4, -0.2) is 11.8 Å². The minimum Gasteiger partial charge on any atom is -0.374 e. The number of nitrogens with zero attached hydrogens (tertiary/aromatic N) is 2. The van der Waals surface area contributed by atoms with Crippen molar-refractivity contribution in [3.63, 3.8) is 0 Å². The van der Waals surface area contributed by atoms with Crippen molar-refractivity contribution in [2.75, 3.05) is 11.7 Å². The number of aliphatic hydroxyl groups excluding tert-OH is 1. The smallest absolute Gasteiger partial charge is 0.140 e. The number of nitroso groups, excluding NO2 is 1. The Morgan fingerprint density at radius 2 is 2.00 bits per heavy atom. The number of benzene rings is 1. The average Bonchev–Trinajstić information content (AvgIpc) is 2.09. The predicted molar refractivity (Wildman–Crippen MR) is 41.8 cm³/mol. The molecule has 1 aromatic rings. The number of anilines is 1. The monoisotopic (exact) mass is 152 g/mol. The average molecular weight is 152 g/mol. The predicted octanol–water partition coefficient (Wildman–Crippen LogP) is 1.12. The number of rotatable bonds is 3. The van der Waals surface area contributed by atoms with Gasteiger partial charge in [-0.15, -0.1) is 4.91 Å². The maximum absolute atomic E-state index is 10.1. The summed E-state index contributed by atoms with van der Waals surface area (Å²) in [6.07, 6.45) is 0. The van der Waals surface area contributed by atoms with E-state index in [1.165, 1.54) is 0 Å². The van der Waals surface area contributed by atoms with Gasteiger partial charge in [-0.25, -0.2) is 5.01 Å². The topological polar surface area (TPSA) is 52.9 Å². The second-order valence-corrected chi connectivity index (χ2v) is 1.96. The van der Waals surface area contributed by atoms with Crippen LogP contribution in [0.4, 0.5) is 5.69 Å². The molecular formula is C7H8N2O2. The molecule has 0 saturated carbocycles. The van der Waals surface area contributed by atoms with Gasteiger partial charge in [0, 0.05) is 0 Å². The van der Waals surface area contributed by atoms with Gasteiger partial charge in [0.15, 0.2) is 0 Å². The Morgan fingerprint density at radius 3 is 2.45 bits per heavy atom. The Hall–Kier alpha value is -1.42. The largest absolute Gasteiger partial charge is 0.374 e. The molecular weight excluding hydrogens is 144 g/mol. The van der Waals surface area contributed by atoms with Crippen LogP contribution in [0, 0.1) is 4.91 Å². The second-order valence-electron chi connectivity index (χ2n) is 1.96. The fraction of sp³-hybridized carbons (Fsp3) is 0.143. The first-order valence-electron chi connectivity index (χ1n) is 3.15. The molecule has 1 rings (SSSR count). The molecule has 4 heteroatoms. The van der Waals surface area contributed by atoms with Gasteiger partial charge in [-0.2, -0.15) is 0 Å². The summed E-state index contributed by atoms with van der Waals surface area (Å²) in [5.74, 6) is 0. The van der Waals surface area contributed by atoms with Gasteiger partial charge in [-0.1, -0.05) is 18.2 Å². The molecule has 0 heterocycles. The highest BCUT2D eigenvalue weighted by Gasteiger charge is 2.01. The van der Waals surface area contributed by atoms with Crippen LogP contribution in [0.15, 0.2) is 35.6 Å². The summed E-state index contributed by atoms with van der Waals surface area (Å²) in [5.41, 5.74) is 0.588. The van der Waals surface area contributed by atoms with Gasteiger partial charge in [-0.05, 0) is 12.1 Å². The van der Waals surface area contributed by atoms with Crippen LogP contribution in [-0.2, 0) is 0 Å². The zero-order chi connectivity index (χ0) is 8.10. The van der Waals surface area contributed by atoms with Crippen molar-refractivity contribution in [2.24, 2.45) is 5.29 Å². The van der Waals surface area contributed by atoms with Gasteiger partial charge >= 0.3 is 0 Å². The van der Waals surface area contributed by atoms with E-state index in [4.69, 9.17) is 5.11 Å². The highest BCUT2D eigenvalue weighted by atomic mass is 16.3. The molecule has 0 saturated heterocycles. The maximum Gasteiger partial charge on any atom is 0.140 e. The third kappa shape index (κ3) is 1.75. The lowest BCUT2D eigenvalue weighted by molar-refractivity contribution is 0.292. The minimum atomic E-state index is -0.395. The van der Waals surface area contributed by atoms with E-state index in [0.29, 0.717) is 5.69 Å². The van der Waals surface area contributed by atoms with Crippen molar-refractivity contribution in [1.82, 2.24) is 0 Å². The van der Waals surface area contributed by atoms with Crippen LogP contribution in [0.25, 0.3) is 0 Å². The number of para-hydroxylation sites is 1. The van der Waals surface area contributed by atoms with Crippen LogP contribution < -0.4 is 5.01 Å². The number of hydrogen-bond acceptors (Lipinski definition) is 3. The van der Waals surface area contributed by atoms with Crippen LogP contribution in [0.3, 0.4) is 0 Å². The molecule has 1 N–H and O–H groups in total. The lowest BCUT2D eigenvalue weighted by Gasteiger charge is -2.09. The molecule has 0 aliphatic heterocycles. The summed E-state index contributed by atoms with van der Waals surface area (Å²) < 4.78 is 0. The van der Waals surface area contributed by atoms with E-state index in [9.17, 15) is 4.91 Å². The molecule has 0 atom stereocenters. The van der Waals surface area contributed by atoms with Crippen LogP contribution >= 0.6 is 0 Å². The molecule has 4 nitrogen and oxygen atoms in total. The molecule has 1 aromatic carbocycles. The third-order valence-electron chi connectivity index (χ3n) is 1.29. The molecule has 0 amide bonds. The van der Waals surface area contributed by atoms with Crippen molar-refractivity contribution in [1.29, 1.82) is 0 Å². The molecule has 0 radical (unpaired) electrons. The fourth-order valence-electron chi connectivity index (χ4n) is 0.755. The molecule has 0 aliphatic rings. The van der Waals surface area contributed by atoms with Gasteiger partial charge in [-0.3, -0.25) is 0 Å². The molecule has 0 unspecified atom stereocenters. The lowest BCUT2D eigenvalue weighted by Crippen LogP contribution is -2.15. The van der Waals surface area contributed by atoms with Gasteiger partial charge in [0.2, 0.25) is 0 Å². The van der Waals surface area contributed by atoms with Crippen molar-refractivity contribution in [3.05, 3.63) is 35.2 Å². The van der Waals surface area contributed by atoms with Crippen molar-refractivity contribution in [3.8, 4) is 0 Å². The van der Waals surface area contributed by atoms with Gasteiger partial charge in [0.1, 0.15) is 6.73 Å². The van der Waals surface area contributed by atoms with E-state index < -0.39 is 6.73 Å².